The zero-order valence-electron chi connectivity index (χ0n) is 42.2. The van der Waals surface area contributed by atoms with Crippen LogP contribution >= 0.6 is 0 Å². The number of carbonyl (C=O) groups is 2. The first-order valence-corrected chi connectivity index (χ1v) is 24.7. The van der Waals surface area contributed by atoms with Crippen molar-refractivity contribution < 1.29 is 82.7 Å². The number of nitrogens with two attached hydrogens (primary N) is 2. The summed E-state index contributed by atoms with van der Waals surface area (Å²) in [6.07, 6.45) is -7.40. The fraction of sp³-hybridized carbons (Fsp3) is 0.288. The zero-order chi connectivity index (χ0) is 57.5. The Morgan fingerprint density at radius 3 is 1.18 bits per heavy atom. The Balaban J connectivity index is 1.08. The third kappa shape index (κ3) is 17.6. The number of hydrogen-bond acceptors (Lipinski definition) is 10. The maximum atomic E-state index is 13.2. The predicted molar refractivity (Wildman–Crippen MR) is 278 cm³/mol. The SMILES string of the molecule is Nc1ccc(CC(CC/C=C/c2ccc(C(=O)Oc3ccc(OCCCC(F)(F)C(F)(F)F)cc3)cc2)(Cc2ccc(N)cc2)C(O)(O)C/C=C/c2ccc(C(=O)Oc3ccc(OCCCC(F)(F)C(F)(F)F)cc3)cc2)cc1. The van der Waals surface area contributed by atoms with E-state index >= 15 is 0 Å². The molecule has 0 spiro atoms. The van der Waals surface area contributed by atoms with Crippen LogP contribution in [0.1, 0.15) is 87.9 Å². The first-order chi connectivity index (χ1) is 37.2. The minimum Gasteiger partial charge on any atom is -0.494 e. The molecule has 0 amide bonds. The summed E-state index contributed by atoms with van der Waals surface area (Å²) in [5.41, 5.74) is 15.2. The molecular formula is C59H56F10N2O8. The van der Waals surface area contributed by atoms with Crippen molar-refractivity contribution in [2.75, 3.05) is 24.7 Å². The van der Waals surface area contributed by atoms with Crippen molar-refractivity contribution >= 4 is 35.5 Å². The van der Waals surface area contributed by atoms with Crippen LogP contribution in [0.2, 0.25) is 0 Å². The van der Waals surface area contributed by atoms with Gasteiger partial charge in [-0.15, -0.1) is 0 Å². The summed E-state index contributed by atoms with van der Waals surface area (Å²) < 4.78 is 149. The van der Waals surface area contributed by atoms with Gasteiger partial charge in [-0.1, -0.05) is 72.8 Å². The van der Waals surface area contributed by atoms with Crippen molar-refractivity contribution in [2.45, 2.75) is 87.8 Å². The highest BCUT2D eigenvalue weighted by molar-refractivity contribution is 5.92. The van der Waals surface area contributed by atoms with Gasteiger partial charge in [-0.2, -0.15) is 43.9 Å². The zero-order valence-corrected chi connectivity index (χ0v) is 42.2. The lowest BCUT2D eigenvalue weighted by atomic mass is 9.66. The van der Waals surface area contributed by atoms with E-state index in [1.54, 1.807) is 72.8 Å². The summed E-state index contributed by atoms with van der Waals surface area (Å²) in [5.74, 6) is -12.8. The van der Waals surface area contributed by atoms with E-state index in [9.17, 15) is 63.7 Å². The van der Waals surface area contributed by atoms with Crippen LogP contribution in [0.25, 0.3) is 12.2 Å². The summed E-state index contributed by atoms with van der Waals surface area (Å²) in [6.45, 7) is -0.783. The van der Waals surface area contributed by atoms with Gasteiger partial charge in [0.1, 0.15) is 23.0 Å². The second-order valence-corrected chi connectivity index (χ2v) is 18.8. The molecule has 0 fully saturated rings. The molecule has 0 bridgehead atoms. The number of carbonyl (C=O) groups excluding carboxylic acids is 2. The molecule has 0 atom stereocenters. The topological polar surface area (TPSA) is 164 Å². The molecule has 0 unspecified atom stereocenters. The number of aliphatic hydroxyl groups is 2. The molecule has 0 saturated carbocycles. The highest BCUT2D eigenvalue weighted by Crippen LogP contribution is 2.45. The monoisotopic (exact) mass is 1110 g/mol. The first kappa shape index (κ1) is 60.4. The summed E-state index contributed by atoms with van der Waals surface area (Å²) in [6, 6.07) is 38.0. The van der Waals surface area contributed by atoms with Gasteiger partial charge in [0.25, 0.3) is 0 Å². The molecule has 0 aliphatic carbocycles. The van der Waals surface area contributed by atoms with E-state index < -0.39 is 79.6 Å². The van der Waals surface area contributed by atoms with Crippen LogP contribution in [-0.4, -0.2) is 65.4 Å². The van der Waals surface area contributed by atoms with Crippen molar-refractivity contribution in [3.63, 3.8) is 0 Å². The lowest BCUT2D eigenvalue weighted by Gasteiger charge is -2.44. The van der Waals surface area contributed by atoms with Crippen molar-refractivity contribution in [3.05, 3.63) is 191 Å². The average molecular weight is 1110 g/mol. The van der Waals surface area contributed by atoms with Crippen LogP contribution in [0.3, 0.4) is 0 Å². The maximum absolute atomic E-state index is 13.2. The number of alkyl halides is 10. The van der Waals surface area contributed by atoms with Gasteiger partial charge in [0.15, 0.2) is 5.79 Å². The predicted octanol–water partition coefficient (Wildman–Crippen LogP) is 14.1. The molecule has 0 aromatic heterocycles. The minimum atomic E-state index is -5.65. The van der Waals surface area contributed by atoms with Gasteiger partial charge in [-0.25, -0.2) is 9.59 Å². The molecule has 0 aliphatic rings. The third-order valence-corrected chi connectivity index (χ3v) is 12.7. The number of anilines is 2. The molecular weight excluding hydrogens is 1050 g/mol. The van der Waals surface area contributed by atoms with Crippen molar-refractivity contribution in [3.8, 4) is 23.0 Å². The van der Waals surface area contributed by atoms with Gasteiger partial charge in [0, 0.05) is 36.1 Å². The molecule has 6 aromatic rings. The molecule has 0 radical (unpaired) electrons. The van der Waals surface area contributed by atoms with Crippen LogP contribution in [0.5, 0.6) is 23.0 Å². The van der Waals surface area contributed by atoms with Gasteiger partial charge in [0.2, 0.25) is 0 Å². The molecule has 420 valence electrons. The van der Waals surface area contributed by atoms with E-state index in [0.29, 0.717) is 23.4 Å². The second-order valence-electron chi connectivity index (χ2n) is 18.8. The largest absolute Gasteiger partial charge is 0.494 e. The molecule has 10 nitrogen and oxygen atoms in total. The quantitative estimate of drug-likeness (QED) is 0.0103. The fourth-order valence-corrected chi connectivity index (χ4v) is 8.18. The Morgan fingerprint density at radius 1 is 0.456 bits per heavy atom. The van der Waals surface area contributed by atoms with E-state index in [0.717, 1.165) is 16.7 Å². The Labute approximate surface area is 448 Å². The number of benzene rings is 6. The molecule has 79 heavy (non-hydrogen) atoms. The lowest BCUT2D eigenvalue weighted by Crippen LogP contribution is -2.51. The number of esters is 2. The van der Waals surface area contributed by atoms with Crippen LogP contribution in [0.15, 0.2) is 158 Å². The molecule has 0 aliphatic heterocycles. The van der Waals surface area contributed by atoms with Crippen molar-refractivity contribution in [1.82, 2.24) is 0 Å². The maximum Gasteiger partial charge on any atom is 0.453 e. The third-order valence-electron chi connectivity index (χ3n) is 12.7. The Kier molecular flexibility index (Phi) is 20.0. The second kappa shape index (κ2) is 26.2. The Morgan fingerprint density at radius 2 is 0.810 bits per heavy atom. The summed E-state index contributed by atoms with van der Waals surface area (Å²) in [5, 5.41) is 24.6. The minimum absolute atomic E-state index is 0.114. The molecule has 6 aromatic carbocycles. The van der Waals surface area contributed by atoms with E-state index in [2.05, 4.69) is 0 Å². The number of nitrogen functional groups attached to an aromatic ring is 2. The fourth-order valence-electron chi connectivity index (χ4n) is 8.18. The van der Waals surface area contributed by atoms with Crippen LogP contribution < -0.4 is 30.4 Å². The number of rotatable bonds is 26. The van der Waals surface area contributed by atoms with Crippen molar-refractivity contribution in [1.29, 1.82) is 0 Å². The van der Waals surface area contributed by atoms with E-state index in [1.807, 2.05) is 36.4 Å². The molecule has 6 rings (SSSR count). The van der Waals surface area contributed by atoms with E-state index in [-0.39, 0.29) is 66.4 Å². The smallest absolute Gasteiger partial charge is 0.453 e. The average Bonchev–Trinajstić information content (AvgIpc) is 3.39. The van der Waals surface area contributed by atoms with E-state index in [1.165, 1.54) is 60.7 Å². The lowest BCUT2D eigenvalue weighted by molar-refractivity contribution is -0.284. The normalized spacial score (nSPS) is 12.7. The molecule has 0 heterocycles. The molecule has 6 N–H and O–H groups in total. The van der Waals surface area contributed by atoms with Crippen LogP contribution in [-0.2, 0) is 12.8 Å². The van der Waals surface area contributed by atoms with Gasteiger partial charge in [0.05, 0.1) is 24.3 Å². The Hall–Kier alpha value is -7.84. The van der Waals surface area contributed by atoms with Gasteiger partial charge < -0.3 is 40.6 Å². The summed E-state index contributed by atoms with van der Waals surface area (Å²) in [4.78, 5) is 25.9. The first-order valence-electron chi connectivity index (χ1n) is 24.7. The van der Waals surface area contributed by atoms with Crippen molar-refractivity contribution in [2.24, 2.45) is 5.41 Å². The highest BCUT2D eigenvalue weighted by Gasteiger charge is 2.57. The number of allylic oxidation sites excluding steroid dienone is 1. The molecule has 20 heteroatoms. The number of halogens is 10. The molecule has 0 saturated heterocycles. The standard InChI is InChI=1S/C59H56F10N2O8/c60-55(61,58(64,65)66)33-4-36-76-48-24-28-50(29-25-48)78-52(72)44-16-8-40(9-17-44)6-1-2-32-54(38-42-12-20-46(70)21-13-42,39-43-14-22-47(71)23-15-43)57(74,75)35-3-7-41-10-18-45(19-11-41)53(73)79-51-30-26-49(27-31-51)77-37-5-34-56(62,63)59(67,68)69/h1,3,6-31,74-75H,2,4-5,32-39,70-71H2/b6-1+,7-3+. The van der Waals surface area contributed by atoms with E-state index in [4.69, 9.17) is 30.4 Å². The van der Waals surface area contributed by atoms with Gasteiger partial charge in [-0.3, -0.25) is 0 Å². The van der Waals surface area contributed by atoms with Gasteiger partial charge in [-0.05, 0) is 158 Å². The van der Waals surface area contributed by atoms with Crippen LogP contribution in [0.4, 0.5) is 55.3 Å². The summed E-state index contributed by atoms with van der Waals surface area (Å²) >= 11 is 0. The highest BCUT2D eigenvalue weighted by atomic mass is 19.4. The summed E-state index contributed by atoms with van der Waals surface area (Å²) in [7, 11) is 0. The number of ether oxygens (including phenoxy) is 4. The van der Waals surface area contributed by atoms with Gasteiger partial charge >= 0.3 is 36.1 Å². The number of hydrogen-bond donors (Lipinski definition) is 4. The van der Waals surface area contributed by atoms with Crippen LogP contribution in [0, 0.1) is 5.41 Å². The Bertz CT molecular complexity index is 2920.